The number of halogens is 1. The van der Waals surface area contributed by atoms with Gasteiger partial charge in [-0.2, -0.15) is 0 Å². The van der Waals surface area contributed by atoms with Crippen LogP contribution in [0.25, 0.3) is 0 Å². The monoisotopic (exact) mass is 272 g/mol. The summed E-state index contributed by atoms with van der Waals surface area (Å²) in [6.07, 6.45) is 0. The van der Waals surface area contributed by atoms with Crippen molar-refractivity contribution in [2.75, 3.05) is 24.3 Å². The number of anilines is 2. The molecule has 20 heavy (non-hydrogen) atoms. The Labute approximate surface area is 118 Å². The van der Waals surface area contributed by atoms with Crippen LogP contribution < -0.4 is 10.2 Å². The summed E-state index contributed by atoms with van der Waals surface area (Å²) < 4.78 is 13.2. The second-order valence-corrected chi connectivity index (χ2v) is 4.86. The molecule has 0 aliphatic rings. The number of rotatable bonds is 3. The van der Waals surface area contributed by atoms with Crippen LogP contribution in [0.4, 0.5) is 15.8 Å². The van der Waals surface area contributed by atoms with E-state index in [0.29, 0.717) is 16.8 Å². The van der Waals surface area contributed by atoms with Crippen LogP contribution in [-0.2, 0) is 0 Å². The summed E-state index contributed by atoms with van der Waals surface area (Å²) in [4.78, 5) is 14.1. The molecule has 0 heterocycles. The van der Waals surface area contributed by atoms with E-state index in [4.69, 9.17) is 0 Å². The van der Waals surface area contributed by atoms with Crippen molar-refractivity contribution >= 4 is 17.3 Å². The third-order valence-electron chi connectivity index (χ3n) is 3.04. The minimum absolute atomic E-state index is 0.246. The molecule has 0 fully saturated rings. The molecule has 2 rings (SSSR count). The van der Waals surface area contributed by atoms with Gasteiger partial charge in [-0.05, 0) is 48.9 Å². The number of carbonyl (C=O) groups is 1. The summed E-state index contributed by atoms with van der Waals surface area (Å²) in [7, 11) is 3.87. The lowest BCUT2D eigenvalue weighted by molar-refractivity contribution is 0.102. The SMILES string of the molecule is Cc1cc(C(=O)Nc2cccc(N(C)C)c2)ccc1F. The van der Waals surface area contributed by atoms with Crippen molar-refractivity contribution in [2.45, 2.75) is 6.92 Å². The van der Waals surface area contributed by atoms with Crippen molar-refractivity contribution in [3.63, 3.8) is 0 Å². The van der Waals surface area contributed by atoms with Gasteiger partial charge in [0, 0.05) is 31.0 Å². The van der Waals surface area contributed by atoms with Crippen LogP contribution in [0.3, 0.4) is 0 Å². The van der Waals surface area contributed by atoms with Crippen LogP contribution in [0.2, 0.25) is 0 Å². The minimum Gasteiger partial charge on any atom is -0.378 e. The highest BCUT2D eigenvalue weighted by Gasteiger charge is 2.08. The van der Waals surface area contributed by atoms with E-state index >= 15 is 0 Å². The van der Waals surface area contributed by atoms with Gasteiger partial charge >= 0.3 is 0 Å². The van der Waals surface area contributed by atoms with Crippen LogP contribution in [0.5, 0.6) is 0 Å². The van der Waals surface area contributed by atoms with Crippen molar-refractivity contribution in [3.05, 3.63) is 59.4 Å². The highest BCUT2D eigenvalue weighted by Crippen LogP contribution is 2.18. The first-order chi connectivity index (χ1) is 9.47. The summed E-state index contributed by atoms with van der Waals surface area (Å²) in [5, 5.41) is 2.81. The molecule has 0 atom stereocenters. The topological polar surface area (TPSA) is 32.3 Å². The van der Waals surface area contributed by atoms with Gasteiger partial charge in [0.25, 0.3) is 5.91 Å². The van der Waals surface area contributed by atoms with Gasteiger partial charge in [-0.3, -0.25) is 4.79 Å². The van der Waals surface area contributed by atoms with Crippen molar-refractivity contribution in [1.82, 2.24) is 0 Å². The second-order valence-electron chi connectivity index (χ2n) is 4.86. The molecule has 2 aromatic carbocycles. The number of amides is 1. The van der Waals surface area contributed by atoms with Crippen LogP contribution in [0.15, 0.2) is 42.5 Å². The molecule has 0 radical (unpaired) electrons. The molecule has 4 heteroatoms. The maximum Gasteiger partial charge on any atom is 0.255 e. The van der Waals surface area contributed by atoms with E-state index in [-0.39, 0.29) is 11.7 Å². The number of hydrogen-bond acceptors (Lipinski definition) is 2. The van der Waals surface area contributed by atoms with Gasteiger partial charge in [0.05, 0.1) is 0 Å². The standard InChI is InChI=1S/C16H17FN2O/c1-11-9-12(7-8-15(11)17)16(20)18-13-5-4-6-14(10-13)19(2)3/h4-10H,1-3H3,(H,18,20). The highest BCUT2D eigenvalue weighted by molar-refractivity contribution is 6.04. The lowest BCUT2D eigenvalue weighted by Gasteiger charge is -2.14. The Morgan fingerprint density at radius 1 is 1.15 bits per heavy atom. The van der Waals surface area contributed by atoms with Crippen molar-refractivity contribution < 1.29 is 9.18 Å². The number of nitrogens with zero attached hydrogens (tertiary/aromatic N) is 1. The summed E-state index contributed by atoms with van der Waals surface area (Å²) >= 11 is 0. The fraction of sp³-hybridized carbons (Fsp3) is 0.188. The first-order valence-electron chi connectivity index (χ1n) is 6.32. The molecule has 0 aliphatic carbocycles. The van der Waals surface area contributed by atoms with Crippen LogP contribution in [0, 0.1) is 12.7 Å². The molecule has 2 aromatic rings. The van der Waals surface area contributed by atoms with E-state index in [1.54, 1.807) is 13.0 Å². The predicted molar refractivity (Wildman–Crippen MR) is 79.9 cm³/mol. The van der Waals surface area contributed by atoms with Gasteiger partial charge in [0.2, 0.25) is 0 Å². The molecule has 0 aromatic heterocycles. The maximum absolute atomic E-state index is 13.2. The van der Waals surface area contributed by atoms with E-state index in [2.05, 4.69) is 5.32 Å². The number of benzene rings is 2. The Morgan fingerprint density at radius 3 is 2.55 bits per heavy atom. The van der Waals surface area contributed by atoms with Crippen molar-refractivity contribution in [1.29, 1.82) is 0 Å². The zero-order valence-electron chi connectivity index (χ0n) is 11.8. The van der Waals surface area contributed by atoms with E-state index in [1.165, 1.54) is 12.1 Å². The first kappa shape index (κ1) is 14.1. The summed E-state index contributed by atoms with van der Waals surface area (Å²) in [6, 6.07) is 11.9. The van der Waals surface area contributed by atoms with Gasteiger partial charge in [0.1, 0.15) is 5.82 Å². The Kier molecular flexibility index (Phi) is 4.03. The van der Waals surface area contributed by atoms with Gasteiger partial charge in [-0.25, -0.2) is 4.39 Å². The smallest absolute Gasteiger partial charge is 0.255 e. The zero-order valence-corrected chi connectivity index (χ0v) is 11.8. The molecule has 1 amide bonds. The minimum atomic E-state index is -0.309. The van der Waals surface area contributed by atoms with E-state index < -0.39 is 0 Å². The molecule has 0 aliphatic heterocycles. The Hall–Kier alpha value is -2.36. The van der Waals surface area contributed by atoms with E-state index in [1.807, 2.05) is 43.3 Å². The van der Waals surface area contributed by atoms with Crippen LogP contribution >= 0.6 is 0 Å². The molecule has 0 unspecified atom stereocenters. The third kappa shape index (κ3) is 3.15. The largest absolute Gasteiger partial charge is 0.378 e. The second kappa shape index (κ2) is 5.74. The first-order valence-corrected chi connectivity index (χ1v) is 6.32. The quantitative estimate of drug-likeness (QED) is 0.928. The fourth-order valence-corrected chi connectivity index (χ4v) is 1.85. The zero-order chi connectivity index (χ0) is 14.7. The van der Waals surface area contributed by atoms with Crippen molar-refractivity contribution in [2.24, 2.45) is 0 Å². The highest BCUT2D eigenvalue weighted by atomic mass is 19.1. The number of nitrogens with one attached hydrogen (secondary N) is 1. The molecule has 0 saturated heterocycles. The summed E-state index contributed by atoms with van der Waals surface area (Å²) in [6.45, 7) is 1.64. The Morgan fingerprint density at radius 2 is 1.90 bits per heavy atom. The molecule has 104 valence electrons. The summed E-state index contributed by atoms with van der Waals surface area (Å²) in [5.41, 5.74) is 2.61. The number of aryl methyl sites for hydroxylation is 1. The van der Waals surface area contributed by atoms with Gasteiger partial charge in [-0.15, -0.1) is 0 Å². The maximum atomic E-state index is 13.2. The Balaban J connectivity index is 2.19. The van der Waals surface area contributed by atoms with Gasteiger partial charge < -0.3 is 10.2 Å². The lowest BCUT2D eigenvalue weighted by Crippen LogP contribution is -2.13. The van der Waals surface area contributed by atoms with Crippen molar-refractivity contribution in [3.8, 4) is 0 Å². The van der Waals surface area contributed by atoms with Crippen LogP contribution in [0.1, 0.15) is 15.9 Å². The number of hydrogen-bond donors (Lipinski definition) is 1. The van der Waals surface area contributed by atoms with Gasteiger partial charge in [0.15, 0.2) is 0 Å². The molecule has 3 nitrogen and oxygen atoms in total. The fourth-order valence-electron chi connectivity index (χ4n) is 1.85. The lowest BCUT2D eigenvalue weighted by atomic mass is 10.1. The molecule has 0 spiro atoms. The third-order valence-corrected chi connectivity index (χ3v) is 3.04. The predicted octanol–water partition coefficient (Wildman–Crippen LogP) is 3.45. The van der Waals surface area contributed by atoms with Gasteiger partial charge in [-0.1, -0.05) is 6.07 Å². The molecular formula is C16H17FN2O. The van der Waals surface area contributed by atoms with E-state index in [0.717, 1.165) is 5.69 Å². The molecular weight excluding hydrogens is 255 g/mol. The molecule has 0 saturated carbocycles. The van der Waals surface area contributed by atoms with Crippen LogP contribution in [-0.4, -0.2) is 20.0 Å². The summed E-state index contributed by atoms with van der Waals surface area (Å²) in [5.74, 6) is -0.555. The molecule has 1 N–H and O–H groups in total. The average molecular weight is 272 g/mol. The molecule has 0 bridgehead atoms. The number of carbonyl (C=O) groups excluding carboxylic acids is 1. The normalized spacial score (nSPS) is 10.2. The Bertz CT molecular complexity index is 638. The van der Waals surface area contributed by atoms with E-state index in [9.17, 15) is 9.18 Å². The average Bonchev–Trinajstić information content (AvgIpc) is 2.42.